The molecule has 3 heterocycles. The maximum absolute atomic E-state index is 13.0. The number of nitrogens with zero attached hydrogens (tertiary/aromatic N) is 2. The van der Waals surface area contributed by atoms with Gasteiger partial charge in [-0.2, -0.15) is 0 Å². The predicted octanol–water partition coefficient (Wildman–Crippen LogP) is 3.53. The number of aromatic nitrogens is 1. The number of allylic oxidation sites excluding steroid dienone is 1. The first-order valence-corrected chi connectivity index (χ1v) is 10.9. The molecule has 2 aliphatic heterocycles. The summed E-state index contributed by atoms with van der Waals surface area (Å²) in [7, 11) is 0. The van der Waals surface area contributed by atoms with E-state index in [0.717, 1.165) is 33.3 Å². The number of rotatable bonds is 1. The third kappa shape index (κ3) is 2.56. The van der Waals surface area contributed by atoms with Crippen LogP contribution in [0.25, 0.3) is 16.5 Å². The molecular formula is C26H20N2O5. The molecule has 2 aromatic carbocycles. The maximum atomic E-state index is 13.0. The van der Waals surface area contributed by atoms with E-state index in [1.807, 2.05) is 54.6 Å². The van der Waals surface area contributed by atoms with E-state index in [1.54, 1.807) is 15.7 Å². The summed E-state index contributed by atoms with van der Waals surface area (Å²) >= 11 is 0. The average molecular weight is 440 g/mol. The summed E-state index contributed by atoms with van der Waals surface area (Å²) in [6.45, 7) is 2.95. The normalized spacial score (nSPS) is 25.4. The minimum absolute atomic E-state index is 0.144. The summed E-state index contributed by atoms with van der Waals surface area (Å²) in [6, 6.07) is 14.4. The van der Waals surface area contributed by atoms with Crippen LogP contribution in [0, 0.1) is 11.8 Å². The number of benzene rings is 2. The number of hydrogen-bond acceptors (Lipinski definition) is 5. The van der Waals surface area contributed by atoms with Crippen molar-refractivity contribution in [1.29, 1.82) is 0 Å². The highest BCUT2D eigenvalue weighted by Crippen LogP contribution is 2.55. The van der Waals surface area contributed by atoms with E-state index in [9.17, 15) is 19.2 Å². The fraction of sp³-hybridized carbons (Fsp3) is 0.231. The van der Waals surface area contributed by atoms with Crippen molar-refractivity contribution < 1.29 is 23.9 Å². The fourth-order valence-corrected chi connectivity index (χ4v) is 5.82. The first kappa shape index (κ1) is 19.7. The third-order valence-corrected chi connectivity index (χ3v) is 7.07. The molecule has 1 saturated heterocycles. The van der Waals surface area contributed by atoms with Crippen molar-refractivity contribution >= 4 is 45.9 Å². The summed E-state index contributed by atoms with van der Waals surface area (Å²) in [5, 5.41) is 0.841. The van der Waals surface area contributed by atoms with Crippen molar-refractivity contribution in [1.82, 2.24) is 4.57 Å². The van der Waals surface area contributed by atoms with Crippen molar-refractivity contribution in [3.63, 3.8) is 0 Å². The van der Waals surface area contributed by atoms with Gasteiger partial charge >= 0.3 is 11.9 Å². The lowest BCUT2D eigenvalue weighted by atomic mass is 9.69. The molecule has 7 nitrogen and oxygen atoms in total. The first-order chi connectivity index (χ1) is 15.9. The second-order valence-electron chi connectivity index (χ2n) is 8.78. The smallest absolute Gasteiger partial charge is 0.319 e. The summed E-state index contributed by atoms with van der Waals surface area (Å²) in [5.74, 6) is -3.63. The Bertz CT molecular complexity index is 1430. The van der Waals surface area contributed by atoms with Gasteiger partial charge in [0.15, 0.2) is 0 Å². The minimum atomic E-state index is -0.821. The lowest BCUT2D eigenvalue weighted by molar-refractivity contribution is -0.153. The van der Waals surface area contributed by atoms with Crippen LogP contribution in [0.2, 0.25) is 0 Å². The van der Waals surface area contributed by atoms with Crippen molar-refractivity contribution in [3.8, 4) is 0 Å². The molecule has 0 spiro atoms. The minimum Gasteiger partial charge on any atom is -0.393 e. The zero-order chi connectivity index (χ0) is 23.0. The molecule has 1 fully saturated rings. The molecule has 0 radical (unpaired) electrons. The molecule has 33 heavy (non-hydrogen) atoms. The molecule has 0 bridgehead atoms. The zero-order valence-electron chi connectivity index (χ0n) is 18.0. The Morgan fingerprint density at radius 2 is 1.58 bits per heavy atom. The molecule has 0 N–H and O–H groups in total. The van der Waals surface area contributed by atoms with E-state index in [2.05, 4.69) is 0 Å². The quantitative estimate of drug-likeness (QED) is 0.427. The Balaban J connectivity index is 1.64. The van der Waals surface area contributed by atoms with Gasteiger partial charge in [-0.3, -0.25) is 23.7 Å². The van der Waals surface area contributed by atoms with Gasteiger partial charge in [-0.1, -0.05) is 42.5 Å². The first-order valence-electron chi connectivity index (χ1n) is 10.9. The molecule has 4 atom stereocenters. The number of hydrogen-bond donors (Lipinski definition) is 0. The zero-order valence-corrected chi connectivity index (χ0v) is 18.0. The van der Waals surface area contributed by atoms with E-state index in [0.29, 0.717) is 0 Å². The average Bonchev–Trinajstić information content (AvgIpc) is 3.43. The number of fused-ring (bicyclic) bond motifs is 6. The number of cyclic esters (lactones) is 2. The van der Waals surface area contributed by atoms with Crippen LogP contribution in [0.4, 0.5) is 5.69 Å². The van der Waals surface area contributed by atoms with Crippen LogP contribution in [0.15, 0.2) is 60.8 Å². The van der Waals surface area contributed by atoms with Crippen LogP contribution in [0.3, 0.4) is 0 Å². The van der Waals surface area contributed by atoms with Gasteiger partial charge in [0.05, 0.1) is 29.1 Å². The molecule has 3 aromatic rings. The van der Waals surface area contributed by atoms with Gasteiger partial charge in [0, 0.05) is 36.9 Å². The van der Waals surface area contributed by atoms with E-state index in [-0.39, 0.29) is 11.8 Å². The van der Waals surface area contributed by atoms with Crippen LogP contribution in [-0.4, -0.2) is 34.4 Å². The second-order valence-corrected chi connectivity index (χ2v) is 8.78. The van der Waals surface area contributed by atoms with Gasteiger partial charge in [-0.25, -0.2) is 0 Å². The highest BCUT2D eigenvalue weighted by atomic mass is 16.6. The Morgan fingerprint density at radius 1 is 0.879 bits per heavy atom. The fourth-order valence-electron chi connectivity index (χ4n) is 5.82. The summed E-state index contributed by atoms with van der Waals surface area (Å²) in [6.07, 6.45) is 3.74. The monoisotopic (exact) mass is 440 g/mol. The van der Waals surface area contributed by atoms with Crippen LogP contribution in [-0.2, 0) is 19.1 Å². The number of anilines is 1. The molecule has 6 rings (SSSR count). The van der Waals surface area contributed by atoms with Gasteiger partial charge < -0.3 is 9.64 Å². The molecular weight excluding hydrogens is 420 g/mol. The molecule has 164 valence electrons. The van der Waals surface area contributed by atoms with Crippen molar-refractivity contribution in [2.75, 3.05) is 4.90 Å². The number of carbonyl (C=O) groups excluding carboxylic acids is 4. The molecule has 3 aliphatic rings. The van der Waals surface area contributed by atoms with Gasteiger partial charge in [-0.05, 0) is 23.3 Å². The van der Waals surface area contributed by atoms with Crippen LogP contribution >= 0.6 is 0 Å². The van der Waals surface area contributed by atoms with E-state index < -0.39 is 35.7 Å². The van der Waals surface area contributed by atoms with Crippen LogP contribution in [0.5, 0.6) is 0 Å². The molecule has 7 heteroatoms. The van der Waals surface area contributed by atoms with Crippen molar-refractivity contribution in [3.05, 3.63) is 71.9 Å². The van der Waals surface area contributed by atoms with E-state index in [1.165, 1.54) is 13.8 Å². The molecule has 1 aliphatic carbocycles. The second kappa shape index (κ2) is 6.75. The molecule has 1 amide bonds. The molecule has 1 aromatic heterocycles. The van der Waals surface area contributed by atoms with Gasteiger partial charge in [0.1, 0.15) is 0 Å². The Labute approximate surface area is 189 Å². The largest absolute Gasteiger partial charge is 0.393 e. The standard InChI is InChI=1S/C26H20N2O5/c1-13(29)27-12-19(16-8-3-5-9-20(16)27)17-11-18-15-7-4-6-10-21(15)28(14(2)30)24(18)23-22(17)25(31)33-26(23)32/h3-12,17,22-24H,1-2H3/t17-,22+,23+,24-/m1/s1. The topological polar surface area (TPSA) is 85.7 Å². The van der Waals surface area contributed by atoms with Gasteiger partial charge in [0.25, 0.3) is 0 Å². The third-order valence-electron chi connectivity index (χ3n) is 7.07. The van der Waals surface area contributed by atoms with Crippen LogP contribution < -0.4 is 4.90 Å². The van der Waals surface area contributed by atoms with Gasteiger partial charge in [-0.15, -0.1) is 0 Å². The van der Waals surface area contributed by atoms with E-state index in [4.69, 9.17) is 4.74 Å². The number of carbonyl (C=O) groups is 4. The molecule has 0 unspecified atom stereocenters. The highest BCUT2D eigenvalue weighted by Gasteiger charge is 2.59. The Morgan fingerprint density at radius 3 is 2.33 bits per heavy atom. The van der Waals surface area contributed by atoms with E-state index >= 15 is 0 Å². The predicted molar refractivity (Wildman–Crippen MR) is 120 cm³/mol. The van der Waals surface area contributed by atoms with Crippen molar-refractivity contribution in [2.24, 2.45) is 11.8 Å². The Kier molecular flexibility index (Phi) is 4.02. The highest BCUT2D eigenvalue weighted by molar-refractivity contribution is 6.09. The Hall–Kier alpha value is -4.00. The summed E-state index contributed by atoms with van der Waals surface area (Å²) in [4.78, 5) is 52.5. The summed E-state index contributed by atoms with van der Waals surface area (Å²) in [5.41, 5.74) is 3.94. The van der Waals surface area contributed by atoms with Crippen LogP contribution in [0.1, 0.15) is 35.7 Å². The lowest BCUT2D eigenvalue weighted by Gasteiger charge is -2.36. The summed E-state index contributed by atoms with van der Waals surface area (Å²) < 4.78 is 6.70. The van der Waals surface area contributed by atoms with Gasteiger partial charge in [0.2, 0.25) is 11.8 Å². The lowest BCUT2D eigenvalue weighted by Crippen LogP contribution is -2.47. The molecule has 0 saturated carbocycles. The number of amides is 1. The van der Waals surface area contributed by atoms with Crippen molar-refractivity contribution in [2.45, 2.75) is 25.8 Å². The number of esters is 2. The number of para-hydroxylation sites is 2. The number of ether oxygens (including phenoxy) is 1. The SMILES string of the molecule is CC(=O)N1c2ccccc2C2=C[C@H](c3cn(C(C)=O)c4ccccc34)[C@@H]3C(=O)OC(=O)[C@@H]3[C@@H]21. The maximum Gasteiger partial charge on any atom is 0.319 e.